The Morgan fingerprint density at radius 1 is 1.44 bits per heavy atom. The Kier molecular flexibility index (Phi) is 3.88. The summed E-state index contributed by atoms with van der Waals surface area (Å²) in [6.07, 6.45) is 2.59. The van der Waals surface area contributed by atoms with E-state index < -0.39 is 0 Å². The van der Waals surface area contributed by atoms with E-state index in [1.165, 1.54) is 0 Å². The molecule has 0 aromatic carbocycles. The molecule has 0 bridgehead atoms. The molecule has 2 N–H and O–H groups in total. The first-order valence-electron chi connectivity index (χ1n) is 5.32. The zero-order valence-corrected chi connectivity index (χ0v) is 10.2. The summed E-state index contributed by atoms with van der Waals surface area (Å²) >= 11 is 0. The van der Waals surface area contributed by atoms with Gasteiger partial charge in [-0.2, -0.15) is 4.98 Å². The molecular formula is C12H19N3O. The van der Waals surface area contributed by atoms with Crippen molar-refractivity contribution < 1.29 is 4.74 Å². The quantitative estimate of drug-likeness (QED) is 0.626. The van der Waals surface area contributed by atoms with E-state index in [9.17, 15) is 0 Å². The van der Waals surface area contributed by atoms with E-state index in [1.807, 2.05) is 20.8 Å². The number of anilines is 1. The summed E-state index contributed by atoms with van der Waals surface area (Å²) in [4.78, 5) is 8.53. The number of hydrogen-bond donors (Lipinski definition) is 1. The van der Waals surface area contributed by atoms with Crippen LogP contribution in [0.3, 0.4) is 0 Å². The Morgan fingerprint density at radius 3 is 2.69 bits per heavy atom. The van der Waals surface area contributed by atoms with E-state index in [0.29, 0.717) is 24.1 Å². The van der Waals surface area contributed by atoms with E-state index in [2.05, 4.69) is 16.5 Å². The largest absolute Gasteiger partial charge is 0.477 e. The van der Waals surface area contributed by atoms with Crippen LogP contribution in [-0.2, 0) is 5.41 Å². The van der Waals surface area contributed by atoms with Crippen LogP contribution in [0, 0.1) is 0 Å². The maximum atomic E-state index is 5.71. The Balaban J connectivity index is 2.86. The van der Waals surface area contributed by atoms with Gasteiger partial charge in [-0.1, -0.05) is 26.8 Å². The normalized spacial score (nSPS) is 11.2. The second-order valence-electron chi connectivity index (χ2n) is 4.63. The van der Waals surface area contributed by atoms with E-state index >= 15 is 0 Å². The molecule has 1 rings (SSSR count). The average Bonchev–Trinajstić information content (AvgIpc) is 2.16. The van der Waals surface area contributed by atoms with Gasteiger partial charge in [-0.25, -0.2) is 4.98 Å². The summed E-state index contributed by atoms with van der Waals surface area (Å²) in [6, 6.07) is 1.64. The van der Waals surface area contributed by atoms with Crippen LogP contribution in [0.2, 0.25) is 0 Å². The molecule has 0 spiro atoms. The third kappa shape index (κ3) is 3.53. The molecular weight excluding hydrogens is 202 g/mol. The molecule has 0 aliphatic heterocycles. The first-order valence-corrected chi connectivity index (χ1v) is 5.32. The lowest BCUT2D eigenvalue weighted by molar-refractivity contribution is 0.308. The van der Waals surface area contributed by atoms with Gasteiger partial charge >= 0.3 is 0 Å². The monoisotopic (exact) mass is 221 g/mol. The van der Waals surface area contributed by atoms with E-state index in [1.54, 1.807) is 12.1 Å². The minimum atomic E-state index is -0.133. The summed E-state index contributed by atoms with van der Waals surface area (Å²) in [5, 5.41) is 0. The van der Waals surface area contributed by atoms with E-state index in [0.717, 1.165) is 6.42 Å². The lowest BCUT2D eigenvalue weighted by Gasteiger charge is -2.17. The fourth-order valence-electron chi connectivity index (χ4n) is 1.10. The SMILES string of the molecule is C=CCCOc1cc(N)nc(C(C)(C)C)n1. The molecule has 0 amide bonds. The van der Waals surface area contributed by atoms with Crippen molar-refractivity contribution in [3.05, 3.63) is 24.5 Å². The minimum absolute atomic E-state index is 0.133. The first-order chi connectivity index (χ1) is 7.43. The molecule has 1 heterocycles. The summed E-state index contributed by atoms with van der Waals surface area (Å²) < 4.78 is 5.46. The molecule has 16 heavy (non-hydrogen) atoms. The van der Waals surface area contributed by atoms with Gasteiger partial charge in [0.1, 0.15) is 11.6 Å². The van der Waals surface area contributed by atoms with E-state index in [-0.39, 0.29) is 5.41 Å². The van der Waals surface area contributed by atoms with Gasteiger partial charge in [-0.3, -0.25) is 0 Å². The van der Waals surface area contributed by atoms with Gasteiger partial charge in [0.05, 0.1) is 6.61 Å². The van der Waals surface area contributed by atoms with Crippen LogP contribution < -0.4 is 10.5 Å². The van der Waals surface area contributed by atoms with Crippen LogP contribution in [0.15, 0.2) is 18.7 Å². The fraction of sp³-hybridized carbons (Fsp3) is 0.500. The molecule has 0 aliphatic rings. The fourth-order valence-corrected chi connectivity index (χ4v) is 1.10. The predicted molar refractivity (Wildman–Crippen MR) is 65.5 cm³/mol. The number of rotatable bonds is 4. The third-order valence-corrected chi connectivity index (χ3v) is 1.97. The van der Waals surface area contributed by atoms with Crippen LogP contribution in [0.1, 0.15) is 33.0 Å². The first kappa shape index (κ1) is 12.5. The van der Waals surface area contributed by atoms with Crippen LogP contribution in [0.25, 0.3) is 0 Å². The van der Waals surface area contributed by atoms with Crippen molar-refractivity contribution >= 4 is 5.82 Å². The van der Waals surface area contributed by atoms with Gasteiger partial charge < -0.3 is 10.5 Å². The topological polar surface area (TPSA) is 61.0 Å². The summed E-state index contributed by atoms with van der Waals surface area (Å²) in [6.45, 7) is 10.3. The summed E-state index contributed by atoms with van der Waals surface area (Å²) in [7, 11) is 0. The van der Waals surface area contributed by atoms with Crippen LogP contribution in [0.5, 0.6) is 5.88 Å². The average molecular weight is 221 g/mol. The van der Waals surface area contributed by atoms with Crippen molar-refractivity contribution in [2.24, 2.45) is 0 Å². The van der Waals surface area contributed by atoms with Crippen LogP contribution in [-0.4, -0.2) is 16.6 Å². The second kappa shape index (κ2) is 4.96. The number of aromatic nitrogens is 2. The Labute approximate surface area is 96.6 Å². The summed E-state index contributed by atoms with van der Waals surface area (Å²) in [5.41, 5.74) is 5.58. The lowest BCUT2D eigenvalue weighted by atomic mass is 9.96. The molecule has 4 nitrogen and oxygen atoms in total. The number of nitrogens with two attached hydrogens (primary N) is 1. The Bertz CT molecular complexity index is 369. The Hall–Kier alpha value is -1.58. The second-order valence-corrected chi connectivity index (χ2v) is 4.63. The third-order valence-electron chi connectivity index (χ3n) is 1.97. The van der Waals surface area contributed by atoms with Crippen molar-refractivity contribution in [1.29, 1.82) is 0 Å². The van der Waals surface area contributed by atoms with Crippen LogP contribution >= 0.6 is 0 Å². The molecule has 1 aromatic rings. The lowest BCUT2D eigenvalue weighted by Crippen LogP contribution is -2.17. The minimum Gasteiger partial charge on any atom is -0.477 e. The Morgan fingerprint density at radius 2 is 2.12 bits per heavy atom. The number of ether oxygens (including phenoxy) is 1. The molecule has 0 unspecified atom stereocenters. The highest BCUT2D eigenvalue weighted by atomic mass is 16.5. The van der Waals surface area contributed by atoms with Gasteiger partial charge in [-0.05, 0) is 6.42 Å². The molecule has 0 saturated heterocycles. The molecule has 0 saturated carbocycles. The number of nitrogen functional groups attached to an aromatic ring is 1. The van der Waals surface area contributed by atoms with Crippen molar-refractivity contribution in [3.63, 3.8) is 0 Å². The van der Waals surface area contributed by atoms with Gasteiger partial charge in [0.15, 0.2) is 0 Å². The zero-order chi connectivity index (χ0) is 12.2. The molecule has 0 fully saturated rings. The number of hydrogen-bond acceptors (Lipinski definition) is 4. The van der Waals surface area contributed by atoms with Crippen molar-refractivity contribution in [1.82, 2.24) is 9.97 Å². The molecule has 88 valence electrons. The zero-order valence-electron chi connectivity index (χ0n) is 10.2. The van der Waals surface area contributed by atoms with Gasteiger partial charge in [0.25, 0.3) is 0 Å². The van der Waals surface area contributed by atoms with E-state index in [4.69, 9.17) is 10.5 Å². The molecule has 0 radical (unpaired) electrons. The maximum Gasteiger partial charge on any atom is 0.218 e. The highest BCUT2D eigenvalue weighted by molar-refractivity contribution is 5.34. The highest BCUT2D eigenvalue weighted by Crippen LogP contribution is 2.22. The molecule has 0 atom stereocenters. The molecule has 1 aromatic heterocycles. The predicted octanol–water partition coefficient (Wildman–Crippen LogP) is 2.31. The standard InChI is InChI=1S/C12H19N3O/c1-5-6-7-16-10-8-9(13)14-11(15-10)12(2,3)4/h5,8H,1,6-7H2,2-4H3,(H2,13,14,15). The van der Waals surface area contributed by atoms with Gasteiger partial charge in [-0.15, -0.1) is 6.58 Å². The summed E-state index contributed by atoms with van der Waals surface area (Å²) in [5.74, 6) is 1.66. The van der Waals surface area contributed by atoms with Gasteiger partial charge in [0.2, 0.25) is 5.88 Å². The smallest absolute Gasteiger partial charge is 0.218 e. The highest BCUT2D eigenvalue weighted by Gasteiger charge is 2.18. The van der Waals surface area contributed by atoms with Crippen LogP contribution in [0.4, 0.5) is 5.82 Å². The van der Waals surface area contributed by atoms with Gasteiger partial charge in [0, 0.05) is 11.5 Å². The van der Waals surface area contributed by atoms with Crippen molar-refractivity contribution in [3.8, 4) is 5.88 Å². The number of nitrogens with zero attached hydrogens (tertiary/aromatic N) is 2. The maximum absolute atomic E-state index is 5.71. The van der Waals surface area contributed by atoms with Crippen molar-refractivity contribution in [2.75, 3.05) is 12.3 Å². The molecule has 4 heteroatoms. The van der Waals surface area contributed by atoms with Crippen molar-refractivity contribution in [2.45, 2.75) is 32.6 Å². The molecule has 0 aliphatic carbocycles.